The quantitative estimate of drug-likeness (QED) is 0.876. The zero-order valence-electron chi connectivity index (χ0n) is 11.0. The van der Waals surface area contributed by atoms with Gasteiger partial charge in [0.05, 0.1) is 10.7 Å². The van der Waals surface area contributed by atoms with Crippen LogP contribution in [0.4, 0.5) is 5.95 Å². The predicted molar refractivity (Wildman–Crippen MR) is 75.8 cm³/mol. The van der Waals surface area contributed by atoms with E-state index in [0.29, 0.717) is 5.95 Å². The van der Waals surface area contributed by atoms with Gasteiger partial charge in [0.1, 0.15) is 0 Å². The Morgan fingerprint density at radius 2 is 2.11 bits per heavy atom. The lowest BCUT2D eigenvalue weighted by atomic mass is 9.98. The summed E-state index contributed by atoms with van der Waals surface area (Å²) in [7, 11) is 1.86. The number of hydrogen-bond donors (Lipinski definition) is 1. The van der Waals surface area contributed by atoms with Crippen molar-refractivity contribution in [3.63, 3.8) is 0 Å². The molecule has 0 unspecified atom stereocenters. The van der Waals surface area contributed by atoms with Crippen LogP contribution >= 0.6 is 23.1 Å². The van der Waals surface area contributed by atoms with E-state index >= 15 is 0 Å². The highest BCUT2D eigenvalue weighted by Gasteiger charge is 2.18. The summed E-state index contributed by atoms with van der Waals surface area (Å²) in [6.45, 7) is 6.52. The summed E-state index contributed by atoms with van der Waals surface area (Å²) in [4.78, 5) is 4.64. The van der Waals surface area contributed by atoms with Crippen LogP contribution in [0.25, 0.3) is 0 Å². The third-order valence-corrected chi connectivity index (χ3v) is 4.78. The van der Waals surface area contributed by atoms with Crippen molar-refractivity contribution in [2.24, 2.45) is 7.05 Å². The first-order valence-corrected chi connectivity index (χ1v) is 7.47. The number of nitrogens with two attached hydrogens (primary N) is 1. The minimum Gasteiger partial charge on any atom is -0.368 e. The van der Waals surface area contributed by atoms with E-state index in [4.69, 9.17) is 5.73 Å². The summed E-state index contributed by atoms with van der Waals surface area (Å²) < 4.78 is 1.78. The van der Waals surface area contributed by atoms with Crippen molar-refractivity contribution in [3.05, 3.63) is 16.1 Å². The third-order valence-electron chi connectivity index (χ3n) is 2.41. The molecule has 0 saturated carbocycles. The Morgan fingerprint density at radius 3 is 2.61 bits per heavy atom. The Kier molecular flexibility index (Phi) is 3.63. The SMILES string of the molecule is Cn1c(N)nnc1SCc1csc(C(C)(C)C)n1. The van der Waals surface area contributed by atoms with Gasteiger partial charge in [-0.3, -0.25) is 4.57 Å². The number of nitrogen functional groups attached to an aromatic ring is 1. The van der Waals surface area contributed by atoms with Crippen LogP contribution in [0.2, 0.25) is 0 Å². The monoisotopic (exact) mass is 283 g/mol. The standard InChI is InChI=1S/C11H17N5S2/c1-11(2,3)8-13-7(5-17-8)6-18-10-15-14-9(12)16(10)4/h5H,6H2,1-4H3,(H2,12,14). The Morgan fingerprint density at radius 1 is 1.39 bits per heavy atom. The molecule has 2 aromatic rings. The molecule has 2 rings (SSSR count). The van der Waals surface area contributed by atoms with Crippen LogP contribution in [0.5, 0.6) is 0 Å². The molecule has 0 radical (unpaired) electrons. The van der Waals surface area contributed by atoms with Crippen molar-refractivity contribution in [1.82, 2.24) is 19.7 Å². The van der Waals surface area contributed by atoms with Crippen molar-refractivity contribution in [1.29, 1.82) is 0 Å². The fraction of sp³-hybridized carbons (Fsp3) is 0.545. The molecule has 0 bridgehead atoms. The maximum absolute atomic E-state index is 5.63. The number of nitrogens with zero attached hydrogens (tertiary/aromatic N) is 4. The third kappa shape index (κ3) is 2.84. The topological polar surface area (TPSA) is 69.6 Å². The lowest BCUT2D eigenvalue weighted by molar-refractivity contribution is 0.584. The Bertz CT molecular complexity index is 538. The fourth-order valence-electron chi connectivity index (χ4n) is 1.31. The minimum atomic E-state index is 0.114. The molecule has 2 N–H and O–H groups in total. The Balaban J connectivity index is 2.03. The molecule has 5 nitrogen and oxygen atoms in total. The van der Waals surface area contributed by atoms with Crippen LogP contribution in [0, 0.1) is 0 Å². The van der Waals surface area contributed by atoms with Crippen LogP contribution in [0.3, 0.4) is 0 Å². The summed E-state index contributed by atoms with van der Waals surface area (Å²) in [5.74, 6) is 1.23. The van der Waals surface area contributed by atoms with Gasteiger partial charge in [-0.1, -0.05) is 32.5 Å². The second kappa shape index (κ2) is 4.89. The summed E-state index contributed by atoms with van der Waals surface area (Å²) in [6.07, 6.45) is 0. The number of hydrogen-bond acceptors (Lipinski definition) is 6. The van der Waals surface area contributed by atoms with Crippen LogP contribution < -0.4 is 5.73 Å². The molecule has 0 aromatic carbocycles. The van der Waals surface area contributed by atoms with E-state index in [1.807, 2.05) is 7.05 Å². The number of aromatic nitrogens is 4. The number of anilines is 1. The van der Waals surface area contributed by atoms with Gasteiger partial charge in [0.25, 0.3) is 0 Å². The molecule has 2 aromatic heterocycles. The second-order valence-electron chi connectivity index (χ2n) is 5.08. The van der Waals surface area contributed by atoms with E-state index < -0.39 is 0 Å². The van der Waals surface area contributed by atoms with Crippen LogP contribution in [0.1, 0.15) is 31.5 Å². The van der Waals surface area contributed by atoms with E-state index in [1.54, 1.807) is 27.7 Å². The van der Waals surface area contributed by atoms with Crippen LogP contribution in [-0.2, 0) is 18.2 Å². The molecule has 0 saturated heterocycles. The molecule has 7 heteroatoms. The molecule has 0 aliphatic rings. The molecular weight excluding hydrogens is 266 g/mol. The summed E-state index contributed by atoms with van der Waals surface area (Å²) in [5.41, 5.74) is 6.83. The molecular formula is C11H17N5S2. The van der Waals surface area contributed by atoms with E-state index in [-0.39, 0.29) is 5.41 Å². The molecule has 2 heterocycles. The van der Waals surface area contributed by atoms with E-state index in [2.05, 4.69) is 41.3 Å². The molecule has 0 amide bonds. The molecule has 18 heavy (non-hydrogen) atoms. The van der Waals surface area contributed by atoms with Gasteiger partial charge < -0.3 is 5.73 Å². The zero-order valence-corrected chi connectivity index (χ0v) is 12.6. The fourth-order valence-corrected chi connectivity index (χ4v) is 3.13. The first kappa shape index (κ1) is 13.4. The molecule has 0 aliphatic heterocycles. The van der Waals surface area contributed by atoms with Gasteiger partial charge in [0.15, 0.2) is 5.16 Å². The van der Waals surface area contributed by atoms with Gasteiger partial charge >= 0.3 is 0 Å². The molecule has 0 atom stereocenters. The average molecular weight is 283 g/mol. The molecule has 0 spiro atoms. The number of rotatable bonds is 3. The van der Waals surface area contributed by atoms with Crippen molar-refractivity contribution in [2.75, 3.05) is 5.73 Å². The smallest absolute Gasteiger partial charge is 0.222 e. The lowest BCUT2D eigenvalue weighted by Crippen LogP contribution is -2.10. The highest BCUT2D eigenvalue weighted by Crippen LogP contribution is 2.28. The van der Waals surface area contributed by atoms with Gasteiger partial charge in [-0.05, 0) is 0 Å². The van der Waals surface area contributed by atoms with Crippen molar-refractivity contribution in [2.45, 2.75) is 37.1 Å². The first-order valence-electron chi connectivity index (χ1n) is 5.60. The molecule has 98 valence electrons. The maximum Gasteiger partial charge on any atom is 0.222 e. The zero-order chi connectivity index (χ0) is 13.3. The Labute approximate surface area is 115 Å². The molecule has 0 fully saturated rings. The van der Waals surface area contributed by atoms with Crippen molar-refractivity contribution >= 4 is 29.0 Å². The highest BCUT2D eigenvalue weighted by atomic mass is 32.2. The van der Waals surface area contributed by atoms with E-state index in [0.717, 1.165) is 21.6 Å². The van der Waals surface area contributed by atoms with Gasteiger partial charge in [-0.2, -0.15) is 0 Å². The summed E-state index contributed by atoms with van der Waals surface area (Å²) in [5, 5.41) is 11.9. The number of thioether (sulfide) groups is 1. The summed E-state index contributed by atoms with van der Waals surface area (Å²) in [6, 6.07) is 0. The van der Waals surface area contributed by atoms with Gasteiger partial charge in [-0.15, -0.1) is 21.5 Å². The largest absolute Gasteiger partial charge is 0.368 e. The number of thiazole rings is 1. The summed E-state index contributed by atoms with van der Waals surface area (Å²) >= 11 is 3.31. The van der Waals surface area contributed by atoms with Crippen molar-refractivity contribution in [3.8, 4) is 0 Å². The van der Waals surface area contributed by atoms with Gasteiger partial charge in [-0.25, -0.2) is 4.98 Å². The van der Waals surface area contributed by atoms with E-state index in [9.17, 15) is 0 Å². The van der Waals surface area contributed by atoms with Crippen molar-refractivity contribution < 1.29 is 0 Å². The van der Waals surface area contributed by atoms with Crippen LogP contribution in [-0.4, -0.2) is 19.7 Å². The highest BCUT2D eigenvalue weighted by molar-refractivity contribution is 7.98. The van der Waals surface area contributed by atoms with Gasteiger partial charge in [0.2, 0.25) is 5.95 Å². The lowest BCUT2D eigenvalue weighted by Gasteiger charge is -2.13. The predicted octanol–water partition coefficient (Wildman–Crippen LogP) is 2.44. The minimum absolute atomic E-state index is 0.114. The first-order chi connectivity index (χ1) is 8.38. The maximum atomic E-state index is 5.63. The molecule has 0 aliphatic carbocycles. The average Bonchev–Trinajstić information content (AvgIpc) is 2.86. The Hall–Kier alpha value is -1.08. The normalized spacial score (nSPS) is 12.0. The van der Waals surface area contributed by atoms with Gasteiger partial charge in [0, 0.05) is 23.6 Å². The van der Waals surface area contributed by atoms with E-state index in [1.165, 1.54) is 0 Å². The second-order valence-corrected chi connectivity index (χ2v) is 6.88. The van der Waals surface area contributed by atoms with Crippen LogP contribution in [0.15, 0.2) is 10.5 Å².